The number of aliphatic hydroxyl groups excluding tert-OH is 1. The molecular formula is C20H21N3O2. The van der Waals surface area contributed by atoms with Gasteiger partial charge in [0.2, 0.25) is 0 Å². The van der Waals surface area contributed by atoms with Gasteiger partial charge in [-0.05, 0) is 36.6 Å². The van der Waals surface area contributed by atoms with E-state index in [4.69, 9.17) is 0 Å². The van der Waals surface area contributed by atoms with Gasteiger partial charge in [-0.25, -0.2) is 0 Å². The molecule has 1 saturated heterocycles. The van der Waals surface area contributed by atoms with Gasteiger partial charge in [0.15, 0.2) is 0 Å². The van der Waals surface area contributed by atoms with Gasteiger partial charge in [0, 0.05) is 18.8 Å². The minimum atomic E-state index is -0.0973. The molecule has 0 unspecified atom stereocenters. The number of carbonyl (C=O) groups is 1. The van der Waals surface area contributed by atoms with E-state index >= 15 is 0 Å². The number of nitrogens with one attached hydrogen (secondary N) is 1. The number of likely N-dealkylation sites (tertiary alicyclic amines) is 1. The summed E-state index contributed by atoms with van der Waals surface area (Å²) in [5.74, 6) is -0.0618. The number of hydrogen-bond acceptors (Lipinski definition) is 4. The fraction of sp³-hybridized carbons (Fsp3) is 0.300. The third-order valence-electron chi connectivity index (χ3n) is 4.61. The average molecular weight is 335 g/mol. The highest BCUT2D eigenvalue weighted by molar-refractivity contribution is 6.00. The van der Waals surface area contributed by atoms with Crippen molar-refractivity contribution in [1.29, 1.82) is 5.26 Å². The van der Waals surface area contributed by atoms with Crippen molar-refractivity contribution in [1.82, 2.24) is 4.90 Å². The number of nitrogens with zero attached hydrogens (tertiary/aromatic N) is 2. The molecule has 1 fully saturated rings. The van der Waals surface area contributed by atoms with E-state index in [9.17, 15) is 15.2 Å². The summed E-state index contributed by atoms with van der Waals surface area (Å²) in [4.78, 5) is 14.6. The molecule has 0 radical (unpaired) electrons. The van der Waals surface area contributed by atoms with Gasteiger partial charge in [-0.1, -0.05) is 30.3 Å². The predicted octanol–water partition coefficient (Wildman–Crippen LogP) is 2.77. The Hall–Kier alpha value is -2.84. The van der Waals surface area contributed by atoms with E-state index in [1.807, 2.05) is 36.4 Å². The number of hydrogen-bond donors (Lipinski definition) is 2. The minimum absolute atomic E-state index is 0.00309. The first-order chi connectivity index (χ1) is 12.2. The molecule has 128 valence electrons. The number of carbonyl (C=O) groups excluding carboxylic acids is 1. The van der Waals surface area contributed by atoms with Crippen molar-refractivity contribution in [2.45, 2.75) is 25.4 Å². The van der Waals surface area contributed by atoms with Crippen LogP contribution in [-0.4, -0.2) is 35.1 Å². The molecule has 2 N–H and O–H groups in total. The van der Waals surface area contributed by atoms with Gasteiger partial charge < -0.3 is 15.3 Å². The fourth-order valence-corrected chi connectivity index (χ4v) is 3.25. The second-order valence-corrected chi connectivity index (χ2v) is 6.15. The van der Waals surface area contributed by atoms with Crippen LogP contribution in [0.5, 0.6) is 0 Å². The Kier molecular flexibility index (Phi) is 5.32. The van der Waals surface area contributed by atoms with Crippen molar-refractivity contribution in [3.8, 4) is 6.07 Å². The third-order valence-corrected chi connectivity index (χ3v) is 4.61. The summed E-state index contributed by atoms with van der Waals surface area (Å²) in [6.07, 6.45) is 1.76. The second-order valence-electron chi connectivity index (χ2n) is 6.15. The number of nitriles is 1. The van der Waals surface area contributed by atoms with E-state index < -0.39 is 0 Å². The Labute approximate surface area is 147 Å². The van der Waals surface area contributed by atoms with Gasteiger partial charge in [-0.3, -0.25) is 4.79 Å². The lowest BCUT2D eigenvalue weighted by molar-refractivity contribution is 0.0678. The van der Waals surface area contributed by atoms with Crippen molar-refractivity contribution in [2.24, 2.45) is 0 Å². The maximum atomic E-state index is 12.9. The van der Waals surface area contributed by atoms with E-state index in [2.05, 4.69) is 11.4 Å². The van der Waals surface area contributed by atoms with Gasteiger partial charge in [-0.2, -0.15) is 5.26 Å². The Morgan fingerprint density at radius 2 is 2.00 bits per heavy atom. The SMILES string of the molecule is N#Cc1ccccc1CNc1ccccc1C(=O)N1CCC[C@@H]1CO. The van der Waals surface area contributed by atoms with Crippen LogP contribution in [0.4, 0.5) is 5.69 Å². The molecule has 1 aliphatic rings. The Balaban J connectivity index is 1.79. The number of benzene rings is 2. The second kappa shape index (κ2) is 7.82. The topological polar surface area (TPSA) is 76.4 Å². The Morgan fingerprint density at radius 3 is 2.80 bits per heavy atom. The summed E-state index contributed by atoms with van der Waals surface area (Å²) in [6, 6.07) is 16.9. The molecule has 0 saturated carbocycles. The van der Waals surface area contributed by atoms with Gasteiger partial charge in [0.25, 0.3) is 5.91 Å². The molecule has 0 bridgehead atoms. The summed E-state index contributed by atoms with van der Waals surface area (Å²) in [6.45, 7) is 1.14. The van der Waals surface area contributed by atoms with E-state index in [0.717, 1.165) is 24.1 Å². The molecular weight excluding hydrogens is 314 g/mol. The van der Waals surface area contributed by atoms with Gasteiger partial charge in [0.05, 0.1) is 29.8 Å². The van der Waals surface area contributed by atoms with Crippen LogP contribution in [-0.2, 0) is 6.54 Å². The third kappa shape index (κ3) is 3.65. The van der Waals surface area contributed by atoms with Crippen LogP contribution < -0.4 is 5.32 Å². The molecule has 1 amide bonds. The van der Waals surface area contributed by atoms with Crippen LogP contribution in [0.25, 0.3) is 0 Å². The average Bonchev–Trinajstić information content (AvgIpc) is 3.15. The first-order valence-corrected chi connectivity index (χ1v) is 8.47. The highest BCUT2D eigenvalue weighted by Gasteiger charge is 2.29. The Morgan fingerprint density at radius 1 is 1.24 bits per heavy atom. The maximum absolute atomic E-state index is 12.9. The summed E-state index contributed by atoms with van der Waals surface area (Å²) in [7, 11) is 0. The number of para-hydroxylation sites is 1. The van der Waals surface area contributed by atoms with Crippen LogP contribution >= 0.6 is 0 Å². The van der Waals surface area contributed by atoms with Crippen molar-refractivity contribution < 1.29 is 9.90 Å². The molecule has 0 aromatic heterocycles. The molecule has 1 atom stereocenters. The highest BCUT2D eigenvalue weighted by atomic mass is 16.3. The van der Waals surface area contributed by atoms with Crippen molar-refractivity contribution in [2.75, 3.05) is 18.5 Å². The molecule has 1 aliphatic heterocycles. The molecule has 5 heteroatoms. The summed E-state index contributed by atoms with van der Waals surface area (Å²) < 4.78 is 0. The zero-order chi connectivity index (χ0) is 17.6. The van der Waals surface area contributed by atoms with Gasteiger partial charge in [-0.15, -0.1) is 0 Å². The monoisotopic (exact) mass is 335 g/mol. The molecule has 1 heterocycles. The van der Waals surface area contributed by atoms with E-state index in [-0.39, 0.29) is 18.6 Å². The normalized spacial score (nSPS) is 16.5. The molecule has 5 nitrogen and oxygen atoms in total. The van der Waals surface area contributed by atoms with E-state index in [1.165, 1.54) is 0 Å². The fourth-order valence-electron chi connectivity index (χ4n) is 3.25. The summed E-state index contributed by atoms with van der Waals surface area (Å²) in [5, 5.41) is 21.9. The lowest BCUT2D eigenvalue weighted by Gasteiger charge is -2.24. The number of anilines is 1. The van der Waals surface area contributed by atoms with Crippen molar-refractivity contribution in [3.63, 3.8) is 0 Å². The molecule has 25 heavy (non-hydrogen) atoms. The van der Waals surface area contributed by atoms with Crippen LogP contribution in [0.3, 0.4) is 0 Å². The van der Waals surface area contributed by atoms with Gasteiger partial charge >= 0.3 is 0 Å². The van der Waals surface area contributed by atoms with E-state index in [0.29, 0.717) is 24.2 Å². The van der Waals surface area contributed by atoms with Crippen LogP contribution in [0.15, 0.2) is 48.5 Å². The largest absolute Gasteiger partial charge is 0.394 e. The Bertz CT molecular complexity index is 798. The quantitative estimate of drug-likeness (QED) is 0.881. The molecule has 3 rings (SSSR count). The number of aliphatic hydroxyl groups is 1. The summed E-state index contributed by atoms with van der Waals surface area (Å²) in [5.41, 5.74) is 2.85. The number of rotatable bonds is 5. The first kappa shape index (κ1) is 17.0. The van der Waals surface area contributed by atoms with Crippen molar-refractivity contribution >= 4 is 11.6 Å². The predicted molar refractivity (Wildman–Crippen MR) is 96.1 cm³/mol. The van der Waals surface area contributed by atoms with E-state index in [1.54, 1.807) is 17.0 Å². The molecule has 0 aliphatic carbocycles. The molecule has 0 spiro atoms. The lowest BCUT2D eigenvalue weighted by Crippen LogP contribution is -2.37. The van der Waals surface area contributed by atoms with Crippen LogP contribution in [0, 0.1) is 11.3 Å². The zero-order valence-corrected chi connectivity index (χ0v) is 14.0. The smallest absolute Gasteiger partial charge is 0.256 e. The number of amides is 1. The lowest BCUT2D eigenvalue weighted by atomic mass is 10.1. The van der Waals surface area contributed by atoms with Crippen LogP contribution in [0.1, 0.15) is 34.3 Å². The maximum Gasteiger partial charge on any atom is 0.256 e. The van der Waals surface area contributed by atoms with Crippen LogP contribution in [0.2, 0.25) is 0 Å². The highest BCUT2D eigenvalue weighted by Crippen LogP contribution is 2.24. The molecule has 2 aromatic carbocycles. The van der Waals surface area contributed by atoms with Crippen molar-refractivity contribution in [3.05, 3.63) is 65.2 Å². The first-order valence-electron chi connectivity index (χ1n) is 8.47. The standard InChI is InChI=1S/C20H21N3O2/c21-12-15-6-1-2-7-16(15)13-22-19-10-4-3-9-18(19)20(25)23-11-5-8-17(23)14-24/h1-4,6-7,9-10,17,22,24H,5,8,11,13-14H2/t17-/m1/s1. The zero-order valence-electron chi connectivity index (χ0n) is 14.0. The molecule has 2 aromatic rings. The summed E-state index contributed by atoms with van der Waals surface area (Å²) >= 11 is 0. The minimum Gasteiger partial charge on any atom is -0.394 e. The van der Waals surface area contributed by atoms with Gasteiger partial charge in [0.1, 0.15) is 0 Å².